The first-order chi connectivity index (χ1) is 11.3. The Morgan fingerprint density at radius 2 is 2.08 bits per heavy atom. The van der Waals surface area contributed by atoms with Gasteiger partial charge in [0.1, 0.15) is 10.5 Å². The second kappa shape index (κ2) is 5.82. The summed E-state index contributed by atoms with van der Waals surface area (Å²) in [6, 6.07) is 6.25. The lowest BCUT2D eigenvalue weighted by atomic mass is 10.1. The monoisotopic (exact) mass is 356 g/mol. The quantitative estimate of drug-likeness (QED) is 0.704. The molecule has 3 aromatic rings. The number of hydrogen-bond acceptors (Lipinski definition) is 4. The van der Waals surface area contributed by atoms with Gasteiger partial charge in [-0.1, -0.05) is 29.5 Å². The van der Waals surface area contributed by atoms with E-state index in [0.29, 0.717) is 22.7 Å². The summed E-state index contributed by atoms with van der Waals surface area (Å²) in [6.45, 7) is 1.57. The first-order valence-corrected chi connectivity index (χ1v) is 7.62. The van der Waals surface area contributed by atoms with Crippen molar-refractivity contribution >= 4 is 33.5 Å². The molecule has 1 unspecified atom stereocenters. The molecule has 0 saturated carbocycles. The maximum absolute atomic E-state index is 12.7. The molecule has 0 spiro atoms. The number of fused-ring (bicyclic) bond motifs is 1. The van der Waals surface area contributed by atoms with Crippen molar-refractivity contribution in [1.82, 2.24) is 4.98 Å². The third kappa shape index (κ3) is 2.82. The maximum atomic E-state index is 12.7. The third-order valence-corrected chi connectivity index (χ3v) is 4.57. The SMILES string of the molecule is CC(c1coc2ccccc12)N(C(=O)O)c1ncc(C(F)(F)F)s1. The van der Waals surface area contributed by atoms with Gasteiger partial charge in [0.05, 0.1) is 18.5 Å². The molecule has 126 valence electrons. The van der Waals surface area contributed by atoms with Crippen molar-refractivity contribution in [3.05, 3.63) is 47.2 Å². The van der Waals surface area contributed by atoms with Gasteiger partial charge in [-0.05, 0) is 13.0 Å². The standard InChI is InChI=1S/C15H11F3N2O3S/c1-8(10-7-23-11-5-3-2-4-9(10)11)20(14(21)22)13-19-6-12(24-13)15(16,17)18/h2-8H,1H3,(H,21,22). The summed E-state index contributed by atoms with van der Waals surface area (Å²) >= 11 is 0.286. The summed E-state index contributed by atoms with van der Waals surface area (Å²) in [5.74, 6) is 0. The lowest BCUT2D eigenvalue weighted by Gasteiger charge is -2.23. The van der Waals surface area contributed by atoms with Gasteiger partial charge in [0.15, 0.2) is 5.13 Å². The summed E-state index contributed by atoms with van der Waals surface area (Å²) < 4.78 is 43.6. The molecule has 2 aromatic heterocycles. The average molecular weight is 356 g/mol. The molecule has 24 heavy (non-hydrogen) atoms. The molecular formula is C15H11F3N2O3S. The molecule has 9 heteroatoms. The molecule has 0 fully saturated rings. The van der Waals surface area contributed by atoms with Crippen molar-refractivity contribution in [1.29, 1.82) is 0 Å². The van der Waals surface area contributed by atoms with E-state index < -0.39 is 23.2 Å². The minimum atomic E-state index is -4.56. The number of amides is 1. The normalized spacial score (nSPS) is 13.2. The average Bonchev–Trinajstić information content (AvgIpc) is 3.13. The largest absolute Gasteiger partial charge is 0.465 e. The predicted octanol–water partition coefficient (Wildman–Crippen LogP) is 5.15. The molecule has 0 radical (unpaired) electrons. The molecule has 1 aromatic carbocycles. The molecule has 1 N–H and O–H groups in total. The zero-order chi connectivity index (χ0) is 17.5. The van der Waals surface area contributed by atoms with Crippen molar-refractivity contribution in [3.63, 3.8) is 0 Å². The first kappa shape index (κ1) is 16.3. The van der Waals surface area contributed by atoms with Crippen molar-refractivity contribution in [2.45, 2.75) is 19.1 Å². The summed E-state index contributed by atoms with van der Waals surface area (Å²) in [4.78, 5) is 15.1. The van der Waals surface area contributed by atoms with Gasteiger partial charge in [-0.2, -0.15) is 13.2 Å². The number of alkyl halides is 3. The number of aromatic nitrogens is 1. The number of anilines is 1. The fourth-order valence-corrected chi connectivity index (χ4v) is 3.24. The topological polar surface area (TPSA) is 66.6 Å². The number of rotatable bonds is 3. The minimum Gasteiger partial charge on any atom is -0.465 e. The number of carbonyl (C=O) groups is 1. The number of para-hydroxylation sites is 1. The van der Waals surface area contributed by atoms with E-state index in [1.807, 2.05) is 0 Å². The van der Waals surface area contributed by atoms with Crippen molar-refractivity contribution < 1.29 is 27.5 Å². The van der Waals surface area contributed by atoms with Crippen LogP contribution in [0.25, 0.3) is 11.0 Å². The maximum Gasteiger partial charge on any atom is 0.427 e. The number of furan rings is 1. The molecular weight excluding hydrogens is 345 g/mol. The van der Waals surface area contributed by atoms with Gasteiger partial charge in [-0.3, -0.25) is 0 Å². The van der Waals surface area contributed by atoms with Crippen LogP contribution < -0.4 is 4.90 Å². The number of thiazole rings is 1. The van der Waals surface area contributed by atoms with Crippen LogP contribution in [0.1, 0.15) is 23.4 Å². The fraction of sp³-hybridized carbons (Fsp3) is 0.200. The molecule has 0 saturated heterocycles. The molecule has 0 aliphatic rings. The predicted molar refractivity (Wildman–Crippen MR) is 82.2 cm³/mol. The zero-order valence-corrected chi connectivity index (χ0v) is 13.1. The van der Waals surface area contributed by atoms with E-state index in [1.54, 1.807) is 31.2 Å². The van der Waals surface area contributed by atoms with Crippen LogP contribution in [-0.4, -0.2) is 16.2 Å². The van der Waals surface area contributed by atoms with Gasteiger partial charge in [-0.25, -0.2) is 14.7 Å². The number of hydrogen-bond donors (Lipinski definition) is 1. The van der Waals surface area contributed by atoms with E-state index in [1.165, 1.54) is 6.26 Å². The van der Waals surface area contributed by atoms with Gasteiger partial charge in [0.2, 0.25) is 0 Å². The Balaban J connectivity index is 2.02. The number of carboxylic acid groups (broad SMARTS) is 1. The van der Waals surface area contributed by atoms with Crippen LogP contribution in [0, 0.1) is 0 Å². The Labute approximate surface area is 137 Å². The van der Waals surface area contributed by atoms with E-state index in [4.69, 9.17) is 4.42 Å². The molecule has 0 bridgehead atoms. The lowest BCUT2D eigenvalue weighted by Crippen LogP contribution is -2.31. The van der Waals surface area contributed by atoms with Gasteiger partial charge < -0.3 is 9.52 Å². The highest BCUT2D eigenvalue weighted by Crippen LogP contribution is 2.39. The third-order valence-electron chi connectivity index (χ3n) is 3.53. The van der Waals surface area contributed by atoms with Crippen LogP contribution in [-0.2, 0) is 6.18 Å². The molecule has 1 amide bonds. The molecule has 0 aliphatic heterocycles. The molecule has 0 aliphatic carbocycles. The second-order valence-corrected chi connectivity index (χ2v) is 6.03. The highest BCUT2D eigenvalue weighted by Gasteiger charge is 2.36. The summed E-state index contributed by atoms with van der Waals surface area (Å²) in [5.41, 5.74) is 1.12. The van der Waals surface area contributed by atoms with Crippen molar-refractivity contribution in [3.8, 4) is 0 Å². The Bertz CT molecular complexity index is 887. The number of halogens is 3. The number of nitrogens with zero attached hydrogens (tertiary/aromatic N) is 2. The molecule has 1 atom stereocenters. The molecule has 5 nitrogen and oxygen atoms in total. The van der Waals surface area contributed by atoms with Crippen LogP contribution in [0.15, 0.2) is 41.1 Å². The van der Waals surface area contributed by atoms with Crippen LogP contribution in [0.2, 0.25) is 0 Å². The molecule has 2 heterocycles. The van der Waals surface area contributed by atoms with Gasteiger partial charge >= 0.3 is 12.3 Å². The van der Waals surface area contributed by atoms with Gasteiger partial charge in [0, 0.05) is 10.9 Å². The minimum absolute atomic E-state index is 0.243. The van der Waals surface area contributed by atoms with Crippen LogP contribution >= 0.6 is 11.3 Å². The van der Waals surface area contributed by atoms with Crippen molar-refractivity contribution in [2.24, 2.45) is 0 Å². The van der Waals surface area contributed by atoms with E-state index >= 15 is 0 Å². The van der Waals surface area contributed by atoms with Crippen molar-refractivity contribution in [2.75, 3.05) is 4.90 Å². The van der Waals surface area contributed by atoms with E-state index in [0.717, 1.165) is 4.90 Å². The van der Waals surface area contributed by atoms with Gasteiger partial charge in [-0.15, -0.1) is 0 Å². The van der Waals surface area contributed by atoms with Crippen LogP contribution in [0.5, 0.6) is 0 Å². The fourth-order valence-electron chi connectivity index (χ4n) is 2.38. The van der Waals surface area contributed by atoms with Crippen LogP contribution in [0.3, 0.4) is 0 Å². The van der Waals surface area contributed by atoms with Crippen LogP contribution in [0.4, 0.5) is 23.1 Å². The van der Waals surface area contributed by atoms with E-state index in [-0.39, 0.29) is 16.5 Å². The van der Waals surface area contributed by atoms with E-state index in [2.05, 4.69) is 4.98 Å². The lowest BCUT2D eigenvalue weighted by molar-refractivity contribution is -0.134. The number of benzene rings is 1. The second-order valence-electron chi connectivity index (χ2n) is 5.02. The van der Waals surface area contributed by atoms with Gasteiger partial charge in [0.25, 0.3) is 0 Å². The first-order valence-electron chi connectivity index (χ1n) is 6.80. The Morgan fingerprint density at radius 3 is 2.71 bits per heavy atom. The summed E-state index contributed by atoms with van der Waals surface area (Å²) in [7, 11) is 0. The Kier molecular flexibility index (Phi) is 3.96. The smallest absolute Gasteiger partial charge is 0.427 e. The zero-order valence-electron chi connectivity index (χ0n) is 12.2. The Morgan fingerprint density at radius 1 is 1.38 bits per heavy atom. The van der Waals surface area contributed by atoms with E-state index in [9.17, 15) is 23.1 Å². The highest BCUT2D eigenvalue weighted by molar-refractivity contribution is 7.15. The highest BCUT2D eigenvalue weighted by atomic mass is 32.1. The summed E-state index contributed by atoms with van der Waals surface area (Å²) in [5, 5.41) is 9.92. The molecule has 3 rings (SSSR count). The summed E-state index contributed by atoms with van der Waals surface area (Å²) in [6.07, 6.45) is -3.92. The Hall–Kier alpha value is -2.55.